The lowest BCUT2D eigenvalue weighted by Crippen LogP contribution is -1.94. The minimum absolute atomic E-state index is 0.0133. The fraction of sp³-hybridized carbons (Fsp3) is 0.176. The van der Waals surface area contributed by atoms with Gasteiger partial charge in [-0.2, -0.15) is 0 Å². The van der Waals surface area contributed by atoms with Crippen molar-refractivity contribution in [1.82, 2.24) is 0 Å². The van der Waals surface area contributed by atoms with Crippen LogP contribution < -0.4 is 0 Å². The maximum absolute atomic E-state index is 10.9. The van der Waals surface area contributed by atoms with Gasteiger partial charge in [0, 0.05) is 21.4 Å². The summed E-state index contributed by atoms with van der Waals surface area (Å²) >= 11 is -0.438. The number of hydrogen-bond donors (Lipinski definition) is 1. The lowest BCUT2D eigenvalue weighted by atomic mass is 9.97. The highest BCUT2D eigenvalue weighted by atomic mass is 32.2. The molecular weight excluding hydrogens is 316 g/mol. The summed E-state index contributed by atoms with van der Waals surface area (Å²) in [4.78, 5) is 0. The Bertz CT molecular complexity index is 852. The first kappa shape index (κ1) is 15.4. The van der Waals surface area contributed by atoms with Crippen LogP contribution in [0.25, 0.3) is 21.2 Å². The fourth-order valence-electron chi connectivity index (χ4n) is 2.57. The van der Waals surface area contributed by atoms with Crippen LogP contribution in [-0.2, 0) is 23.4 Å². The summed E-state index contributed by atoms with van der Waals surface area (Å²) in [6.45, 7) is 2.03. The zero-order chi connectivity index (χ0) is 15.7. The summed E-state index contributed by atoms with van der Waals surface area (Å²) in [6, 6.07) is 11.7. The molecule has 0 bridgehead atoms. The Kier molecular flexibility index (Phi) is 4.40. The van der Waals surface area contributed by atoms with Crippen molar-refractivity contribution in [1.29, 1.82) is 0 Å². The summed E-state index contributed by atoms with van der Waals surface area (Å²) in [7, 11) is 0. The van der Waals surface area contributed by atoms with Crippen LogP contribution in [0.4, 0.5) is 0 Å². The molecule has 1 heterocycles. The van der Waals surface area contributed by atoms with Gasteiger partial charge in [0.15, 0.2) is 0 Å². The van der Waals surface area contributed by atoms with Gasteiger partial charge in [0.25, 0.3) is 0 Å². The highest BCUT2D eigenvalue weighted by molar-refractivity contribution is 7.78. The largest absolute Gasteiger partial charge is 0.772 e. The molecule has 3 nitrogen and oxygen atoms in total. The standard InChI is InChI=1S/C17H16O3S2/c1-11-2-3-13(10-22(19)20)7-14(11)16-9-21-17-5-4-12(8-18)6-15(16)17/h2-7,9,18H,8,10H2,1H3,(H,19,20)/p-1. The molecule has 3 aromatic rings. The molecule has 1 atom stereocenters. The van der Waals surface area contributed by atoms with Crippen LogP contribution in [0.15, 0.2) is 41.8 Å². The second-order valence-electron chi connectivity index (χ2n) is 5.24. The van der Waals surface area contributed by atoms with Crippen molar-refractivity contribution in [3.05, 3.63) is 58.5 Å². The molecule has 0 spiro atoms. The molecule has 0 saturated heterocycles. The lowest BCUT2D eigenvalue weighted by Gasteiger charge is -2.10. The van der Waals surface area contributed by atoms with Crippen LogP contribution in [0.2, 0.25) is 0 Å². The van der Waals surface area contributed by atoms with E-state index < -0.39 is 11.1 Å². The average molecular weight is 331 g/mol. The van der Waals surface area contributed by atoms with Crippen LogP contribution in [0, 0.1) is 6.92 Å². The topological polar surface area (TPSA) is 60.4 Å². The number of aryl methyl sites for hydroxylation is 1. The summed E-state index contributed by atoms with van der Waals surface area (Å²) in [5.41, 5.74) is 4.90. The maximum Gasteiger partial charge on any atom is 0.0682 e. The molecule has 0 saturated carbocycles. The van der Waals surface area contributed by atoms with E-state index in [4.69, 9.17) is 0 Å². The first-order chi connectivity index (χ1) is 10.6. The molecule has 0 aliphatic heterocycles. The van der Waals surface area contributed by atoms with Crippen molar-refractivity contribution in [2.45, 2.75) is 19.3 Å². The van der Waals surface area contributed by atoms with Crippen LogP contribution in [0.5, 0.6) is 0 Å². The first-order valence-corrected chi connectivity index (χ1v) is 8.97. The van der Waals surface area contributed by atoms with Gasteiger partial charge in [0.05, 0.1) is 6.61 Å². The van der Waals surface area contributed by atoms with E-state index in [-0.39, 0.29) is 12.4 Å². The van der Waals surface area contributed by atoms with E-state index >= 15 is 0 Å². The van der Waals surface area contributed by atoms with Crippen molar-refractivity contribution < 1.29 is 13.9 Å². The lowest BCUT2D eigenvalue weighted by molar-refractivity contribution is 0.282. The maximum atomic E-state index is 10.9. The van der Waals surface area contributed by atoms with Gasteiger partial charge in [0.2, 0.25) is 0 Å². The molecule has 3 rings (SSSR count). The van der Waals surface area contributed by atoms with Crippen molar-refractivity contribution in [3.8, 4) is 11.1 Å². The molecular formula is C17H15O3S2-. The molecule has 0 aliphatic rings. The molecule has 2 aromatic carbocycles. The third-order valence-corrected chi connectivity index (χ3v) is 5.23. The van der Waals surface area contributed by atoms with Crippen LogP contribution in [0.3, 0.4) is 0 Å². The van der Waals surface area contributed by atoms with Crippen molar-refractivity contribution >= 4 is 32.5 Å². The summed E-state index contributed by atoms with van der Waals surface area (Å²) < 4.78 is 23.0. The van der Waals surface area contributed by atoms with Gasteiger partial charge in [-0.1, -0.05) is 29.3 Å². The first-order valence-electron chi connectivity index (χ1n) is 6.85. The molecule has 1 N–H and O–H groups in total. The normalized spacial score (nSPS) is 12.7. The van der Waals surface area contributed by atoms with Gasteiger partial charge >= 0.3 is 0 Å². The monoisotopic (exact) mass is 331 g/mol. The highest BCUT2D eigenvalue weighted by Crippen LogP contribution is 2.36. The van der Waals surface area contributed by atoms with E-state index in [2.05, 4.69) is 5.38 Å². The van der Waals surface area contributed by atoms with Gasteiger partial charge in [-0.15, -0.1) is 11.3 Å². The van der Waals surface area contributed by atoms with Gasteiger partial charge in [0.1, 0.15) is 0 Å². The van der Waals surface area contributed by atoms with Gasteiger partial charge < -0.3 is 9.66 Å². The van der Waals surface area contributed by atoms with E-state index in [0.29, 0.717) is 0 Å². The SMILES string of the molecule is Cc1ccc(CS(=O)[O-])cc1-c1csc2ccc(CO)cc12. The van der Waals surface area contributed by atoms with Crippen molar-refractivity contribution in [2.75, 3.05) is 0 Å². The third kappa shape index (κ3) is 2.98. The zero-order valence-corrected chi connectivity index (χ0v) is 13.7. The Balaban J connectivity index is 2.16. The second-order valence-corrected chi connectivity index (χ2v) is 7.04. The van der Waals surface area contributed by atoms with Crippen molar-refractivity contribution in [2.24, 2.45) is 0 Å². The summed E-state index contributed by atoms with van der Waals surface area (Å²) in [5, 5.41) is 12.5. The molecule has 0 amide bonds. The Morgan fingerprint density at radius 1 is 1.14 bits per heavy atom. The van der Waals surface area contributed by atoms with E-state index in [0.717, 1.165) is 37.9 Å². The molecule has 5 heteroatoms. The Hall–Kier alpha value is -1.53. The number of aliphatic hydroxyl groups excluding tert-OH is 1. The average Bonchev–Trinajstić information content (AvgIpc) is 2.91. The highest BCUT2D eigenvalue weighted by Gasteiger charge is 2.10. The third-order valence-electron chi connectivity index (χ3n) is 3.70. The number of fused-ring (bicyclic) bond motifs is 1. The molecule has 1 unspecified atom stereocenters. The predicted molar refractivity (Wildman–Crippen MR) is 90.5 cm³/mol. The quantitative estimate of drug-likeness (QED) is 0.741. The van der Waals surface area contributed by atoms with E-state index in [1.54, 1.807) is 11.3 Å². The van der Waals surface area contributed by atoms with Crippen LogP contribution in [0.1, 0.15) is 16.7 Å². The minimum atomic E-state index is -2.09. The molecule has 0 aliphatic carbocycles. The van der Waals surface area contributed by atoms with Gasteiger partial charge in [-0.25, -0.2) is 0 Å². The molecule has 1 aromatic heterocycles. The van der Waals surface area contributed by atoms with Crippen molar-refractivity contribution in [3.63, 3.8) is 0 Å². The summed E-state index contributed by atoms with van der Waals surface area (Å²) in [5.74, 6) is 0.0250. The van der Waals surface area contributed by atoms with E-state index in [9.17, 15) is 13.9 Å². The van der Waals surface area contributed by atoms with Gasteiger partial charge in [-0.05, 0) is 52.8 Å². The van der Waals surface area contributed by atoms with Crippen LogP contribution in [-0.4, -0.2) is 13.9 Å². The Labute approximate surface area is 135 Å². The molecule has 114 valence electrons. The number of hydrogen-bond acceptors (Lipinski definition) is 4. The predicted octanol–water partition coefficient (Wildman–Crippen LogP) is 3.75. The molecule has 0 fully saturated rings. The van der Waals surface area contributed by atoms with Crippen LogP contribution >= 0.6 is 11.3 Å². The smallest absolute Gasteiger partial charge is 0.0682 e. The summed E-state index contributed by atoms with van der Waals surface area (Å²) in [6.07, 6.45) is 0. The minimum Gasteiger partial charge on any atom is -0.772 e. The number of rotatable bonds is 4. The van der Waals surface area contributed by atoms with E-state index in [1.165, 1.54) is 0 Å². The Morgan fingerprint density at radius 2 is 1.91 bits per heavy atom. The zero-order valence-electron chi connectivity index (χ0n) is 12.0. The Morgan fingerprint density at radius 3 is 2.64 bits per heavy atom. The number of aliphatic hydroxyl groups is 1. The molecule has 22 heavy (non-hydrogen) atoms. The van der Waals surface area contributed by atoms with Gasteiger partial charge in [-0.3, -0.25) is 4.21 Å². The number of benzene rings is 2. The second kappa shape index (κ2) is 6.30. The van der Waals surface area contributed by atoms with E-state index in [1.807, 2.05) is 43.3 Å². The number of thiophene rings is 1. The fourth-order valence-corrected chi connectivity index (χ4v) is 3.96. The molecule has 0 radical (unpaired) electrons.